The zero-order chi connectivity index (χ0) is 20.2. The fraction of sp³-hybridized carbons (Fsp3) is 0.238. The van der Waals surface area contributed by atoms with Crippen LogP contribution in [0.4, 0.5) is 5.69 Å². The van der Waals surface area contributed by atoms with E-state index in [9.17, 15) is 4.79 Å². The lowest BCUT2D eigenvalue weighted by Crippen LogP contribution is -2.24. The predicted molar refractivity (Wildman–Crippen MR) is 108 cm³/mol. The van der Waals surface area contributed by atoms with Crippen LogP contribution < -0.4 is 10.1 Å². The van der Waals surface area contributed by atoms with Gasteiger partial charge in [-0.1, -0.05) is 0 Å². The van der Waals surface area contributed by atoms with Crippen molar-refractivity contribution in [1.82, 2.24) is 24.1 Å². The number of ether oxygens (including phenoxy) is 1. The molecule has 0 saturated heterocycles. The lowest BCUT2D eigenvalue weighted by Gasteiger charge is -2.17. The summed E-state index contributed by atoms with van der Waals surface area (Å²) in [5.41, 5.74) is 3.95. The maximum atomic E-state index is 13.0. The predicted octanol–water partition coefficient (Wildman–Crippen LogP) is 3.10. The van der Waals surface area contributed by atoms with Gasteiger partial charge in [-0.05, 0) is 32.0 Å². The lowest BCUT2D eigenvalue weighted by atomic mass is 9.99. The van der Waals surface area contributed by atoms with Gasteiger partial charge in [-0.15, -0.1) is 0 Å². The molecule has 146 valence electrons. The standard InChI is InChI=1S/C21H20N6O2/c1-21(2)9-13-7-16(14(8-18(13)29-21)17-11-26(3)12-23-17)25-20(28)15-10-24-27-6-4-5-22-19(15)27/h4-8,10-12H,9H2,1-3H3,(H,25,28). The molecular formula is C21H20N6O2. The molecule has 1 amide bonds. The van der Waals surface area contributed by atoms with Crippen molar-refractivity contribution in [3.63, 3.8) is 0 Å². The average molecular weight is 388 g/mol. The number of hydrogen-bond donors (Lipinski definition) is 1. The van der Waals surface area contributed by atoms with Crippen molar-refractivity contribution < 1.29 is 9.53 Å². The molecule has 0 bridgehead atoms. The van der Waals surface area contributed by atoms with Crippen molar-refractivity contribution >= 4 is 17.2 Å². The first-order valence-corrected chi connectivity index (χ1v) is 9.34. The second kappa shape index (κ2) is 6.16. The van der Waals surface area contributed by atoms with Gasteiger partial charge in [0.15, 0.2) is 5.65 Å². The van der Waals surface area contributed by atoms with E-state index in [-0.39, 0.29) is 11.5 Å². The summed E-state index contributed by atoms with van der Waals surface area (Å²) in [7, 11) is 1.91. The number of fused-ring (bicyclic) bond motifs is 2. The van der Waals surface area contributed by atoms with Crippen LogP contribution in [0.1, 0.15) is 29.8 Å². The molecular weight excluding hydrogens is 368 g/mol. The van der Waals surface area contributed by atoms with Crippen LogP contribution in [0.3, 0.4) is 0 Å². The van der Waals surface area contributed by atoms with E-state index in [2.05, 4.69) is 34.2 Å². The van der Waals surface area contributed by atoms with E-state index >= 15 is 0 Å². The third-order valence-corrected chi connectivity index (χ3v) is 4.96. The highest BCUT2D eigenvalue weighted by molar-refractivity contribution is 6.09. The lowest BCUT2D eigenvalue weighted by molar-refractivity contribution is 0.102. The number of carbonyl (C=O) groups excluding carboxylic acids is 1. The Morgan fingerprint density at radius 3 is 2.93 bits per heavy atom. The van der Waals surface area contributed by atoms with Crippen molar-refractivity contribution in [2.45, 2.75) is 25.9 Å². The minimum absolute atomic E-state index is 0.269. The quantitative estimate of drug-likeness (QED) is 0.583. The first-order valence-electron chi connectivity index (χ1n) is 9.34. The summed E-state index contributed by atoms with van der Waals surface area (Å²) in [6, 6.07) is 5.70. The molecule has 0 saturated carbocycles. The van der Waals surface area contributed by atoms with Crippen LogP contribution in [-0.2, 0) is 13.5 Å². The number of imidazole rings is 1. The number of benzene rings is 1. The van der Waals surface area contributed by atoms with Crippen LogP contribution in [-0.4, -0.2) is 35.7 Å². The Morgan fingerprint density at radius 2 is 2.14 bits per heavy atom. The fourth-order valence-corrected chi connectivity index (χ4v) is 3.69. The summed E-state index contributed by atoms with van der Waals surface area (Å²) in [5.74, 6) is 0.556. The van der Waals surface area contributed by atoms with Crippen LogP contribution >= 0.6 is 0 Å². The first-order chi connectivity index (χ1) is 13.9. The number of hydrogen-bond acceptors (Lipinski definition) is 5. The number of aromatic nitrogens is 5. The highest BCUT2D eigenvalue weighted by Crippen LogP contribution is 2.41. The largest absolute Gasteiger partial charge is 0.487 e. The third-order valence-electron chi connectivity index (χ3n) is 4.96. The average Bonchev–Trinajstić information content (AvgIpc) is 3.36. The molecule has 1 aliphatic heterocycles. The second-order valence-corrected chi connectivity index (χ2v) is 7.87. The van der Waals surface area contributed by atoms with Crippen LogP contribution in [0.2, 0.25) is 0 Å². The van der Waals surface area contributed by atoms with Crippen molar-refractivity contribution in [2.24, 2.45) is 7.05 Å². The molecule has 5 rings (SSSR count). The van der Waals surface area contributed by atoms with Crippen molar-refractivity contribution in [1.29, 1.82) is 0 Å². The molecule has 0 fully saturated rings. The van der Waals surface area contributed by atoms with Gasteiger partial charge in [0, 0.05) is 43.2 Å². The van der Waals surface area contributed by atoms with Crippen LogP contribution in [0.5, 0.6) is 5.75 Å². The van der Waals surface area contributed by atoms with Crippen molar-refractivity contribution in [2.75, 3.05) is 5.32 Å². The van der Waals surface area contributed by atoms with Gasteiger partial charge in [0.25, 0.3) is 5.91 Å². The second-order valence-electron chi connectivity index (χ2n) is 7.87. The molecule has 3 aromatic heterocycles. The highest BCUT2D eigenvalue weighted by atomic mass is 16.5. The zero-order valence-electron chi connectivity index (χ0n) is 16.4. The number of amides is 1. The van der Waals surface area contributed by atoms with Gasteiger partial charge in [-0.3, -0.25) is 4.79 Å². The Balaban J connectivity index is 1.57. The Kier molecular flexibility index (Phi) is 3.70. The number of nitrogens with one attached hydrogen (secondary N) is 1. The third kappa shape index (κ3) is 3.02. The van der Waals surface area contributed by atoms with E-state index in [0.29, 0.717) is 16.9 Å². The fourth-order valence-electron chi connectivity index (χ4n) is 3.69. The van der Waals surface area contributed by atoms with Crippen molar-refractivity contribution in [3.05, 3.63) is 60.4 Å². The normalized spacial score (nSPS) is 14.6. The molecule has 8 nitrogen and oxygen atoms in total. The van der Waals surface area contributed by atoms with E-state index in [1.54, 1.807) is 29.3 Å². The maximum Gasteiger partial charge on any atom is 0.261 e. The summed E-state index contributed by atoms with van der Waals surface area (Å²) in [4.78, 5) is 21.8. The minimum Gasteiger partial charge on any atom is -0.487 e. The molecule has 1 aliphatic rings. The Labute approximate surface area is 167 Å². The molecule has 0 radical (unpaired) electrons. The summed E-state index contributed by atoms with van der Waals surface area (Å²) in [6.45, 7) is 4.10. The molecule has 1 N–H and O–H groups in total. The highest BCUT2D eigenvalue weighted by Gasteiger charge is 2.31. The van der Waals surface area contributed by atoms with Gasteiger partial charge < -0.3 is 14.6 Å². The topological polar surface area (TPSA) is 86.3 Å². The van der Waals surface area contributed by atoms with E-state index in [4.69, 9.17) is 4.74 Å². The monoisotopic (exact) mass is 388 g/mol. The van der Waals surface area contributed by atoms with Gasteiger partial charge in [-0.2, -0.15) is 5.10 Å². The summed E-state index contributed by atoms with van der Waals surface area (Å²) < 4.78 is 9.53. The molecule has 0 aliphatic carbocycles. The van der Waals surface area contributed by atoms with Crippen LogP contribution in [0.15, 0.2) is 49.3 Å². The first kappa shape index (κ1) is 17.4. The van der Waals surface area contributed by atoms with E-state index in [1.165, 1.54) is 6.20 Å². The van der Waals surface area contributed by atoms with Gasteiger partial charge in [0.1, 0.15) is 16.9 Å². The smallest absolute Gasteiger partial charge is 0.261 e. The molecule has 0 spiro atoms. The molecule has 4 aromatic rings. The number of nitrogens with zero attached hydrogens (tertiary/aromatic N) is 5. The van der Waals surface area contributed by atoms with Gasteiger partial charge in [0.05, 0.1) is 23.9 Å². The van der Waals surface area contributed by atoms with Gasteiger partial charge in [0.2, 0.25) is 0 Å². The van der Waals surface area contributed by atoms with Crippen LogP contribution in [0.25, 0.3) is 16.9 Å². The van der Waals surface area contributed by atoms with E-state index < -0.39 is 0 Å². The summed E-state index contributed by atoms with van der Waals surface area (Å²) in [6.07, 6.45) is 9.33. The van der Waals surface area contributed by atoms with Crippen LogP contribution in [0, 0.1) is 0 Å². The summed E-state index contributed by atoms with van der Waals surface area (Å²) in [5, 5.41) is 7.23. The number of carbonyl (C=O) groups is 1. The molecule has 4 heterocycles. The van der Waals surface area contributed by atoms with E-state index in [0.717, 1.165) is 29.0 Å². The molecule has 0 atom stereocenters. The summed E-state index contributed by atoms with van der Waals surface area (Å²) >= 11 is 0. The van der Waals surface area contributed by atoms with E-state index in [1.807, 2.05) is 29.9 Å². The molecule has 29 heavy (non-hydrogen) atoms. The van der Waals surface area contributed by atoms with Gasteiger partial charge >= 0.3 is 0 Å². The molecule has 0 unspecified atom stereocenters. The molecule has 8 heteroatoms. The SMILES string of the molecule is Cn1cnc(-c2cc3c(cc2NC(=O)c2cnn4cccnc24)CC(C)(C)O3)c1. The minimum atomic E-state index is -0.279. The number of aryl methyl sites for hydroxylation is 1. The Hall–Kier alpha value is -3.68. The maximum absolute atomic E-state index is 13.0. The zero-order valence-corrected chi connectivity index (χ0v) is 16.4. The number of rotatable bonds is 3. The van der Waals surface area contributed by atoms with Crippen molar-refractivity contribution in [3.8, 4) is 17.0 Å². The molecule has 1 aromatic carbocycles. The Morgan fingerprint density at radius 1 is 1.28 bits per heavy atom. The number of anilines is 1. The van der Waals surface area contributed by atoms with Gasteiger partial charge in [-0.25, -0.2) is 14.5 Å². The Bertz CT molecular complexity index is 1250.